The molecule has 232 valence electrons. The first-order valence-electron chi connectivity index (χ1n) is 15.5. The van der Waals surface area contributed by atoms with Crippen molar-refractivity contribution in [1.29, 1.82) is 0 Å². The number of carbonyl (C=O) groups is 3. The van der Waals surface area contributed by atoms with Crippen LogP contribution in [0.5, 0.6) is 5.75 Å². The average Bonchev–Trinajstić information content (AvgIpc) is 3.41. The fraction of sp³-hybridized carbons (Fsp3) is 0.457. The minimum Gasteiger partial charge on any atom is -0.497 e. The van der Waals surface area contributed by atoms with Crippen LogP contribution >= 0.6 is 0 Å². The number of cyclic esters (lactones) is 1. The van der Waals surface area contributed by atoms with E-state index in [2.05, 4.69) is 0 Å². The lowest BCUT2D eigenvalue weighted by atomic mass is 9.73. The quantitative estimate of drug-likeness (QED) is 0.380. The number of allylic oxidation sites excluding steroid dienone is 1. The number of carbonyl (C=O) groups excluding carboxylic acids is 3. The molecule has 0 saturated carbocycles. The van der Waals surface area contributed by atoms with Crippen molar-refractivity contribution < 1.29 is 33.7 Å². The summed E-state index contributed by atoms with van der Waals surface area (Å²) in [5, 5.41) is 10.8. The van der Waals surface area contributed by atoms with E-state index in [9.17, 15) is 19.5 Å². The number of fused-ring (bicyclic) bond motifs is 2. The SMILES string of the molecule is CC[C@]12/C=C\CCCCOC(=O)[C@H]1[C@H]1C(=O)N([C@@H](CO)Cc3ccccc3)C3C(=O)N(c4ccc(OC)cc4)CC=C[C@@]31O2. The molecule has 0 aliphatic carbocycles. The smallest absolute Gasteiger partial charge is 0.313 e. The summed E-state index contributed by atoms with van der Waals surface area (Å²) in [6, 6.07) is 14.9. The minimum atomic E-state index is -1.45. The number of anilines is 1. The van der Waals surface area contributed by atoms with Crippen LogP contribution in [0, 0.1) is 11.8 Å². The standard InChI is InChI=1S/C35H40N2O7/c1-3-34-18-9-4-5-10-21-43-33(41)29(34)28-31(39)37(26(23-38)22-24-12-7-6-8-13-24)30-32(40)36(20-11-19-35(28,30)44-34)25-14-16-27(42-2)17-15-25/h6-9,11-19,26,28-30,38H,3-5,10,20-23H2,1-2H3/b18-9-/t26-,28+,29-,30?,34+,35+/m1/s1. The Morgan fingerprint density at radius 3 is 2.45 bits per heavy atom. The van der Waals surface area contributed by atoms with Gasteiger partial charge in [-0.25, -0.2) is 0 Å². The maximum absolute atomic E-state index is 14.8. The molecule has 0 bridgehead atoms. The zero-order valence-corrected chi connectivity index (χ0v) is 25.3. The molecule has 4 aliphatic rings. The second kappa shape index (κ2) is 12.2. The molecule has 9 heteroatoms. The fourth-order valence-electron chi connectivity index (χ4n) is 7.50. The summed E-state index contributed by atoms with van der Waals surface area (Å²) in [5.74, 6) is -2.53. The Morgan fingerprint density at radius 1 is 0.977 bits per heavy atom. The van der Waals surface area contributed by atoms with Crippen LogP contribution in [0.1, 0.15) is 38.2 Å². The van der Waals surface area contributed by atoms with Crippen molar-refractivity contribution in [2.45, 2.75) is 62.3 Å². The molecule has 2 aromatic rings. The first kappa shape index (κ1) is 30.1. The molecule has 0 radical (unpaired) electrons. The van der Waals surface area contributed by atoms with Gasteiger partial charge in [0.25, 0.3) is 5.91 Å². The zero-order valence-electron chi connectivity index (χ0n) is 25.3. The van der Waals surface area contributed by atoms with Crippen LogP contribution in [0.25, 0.3) is 0 Å². The molecule has 2 fully saturated rings. The summed E-state index contributed by atoms with van der Waals surface area (Å²) in [6.07, 6.45) is 10.8. The van der Waals surface area contributed by atoms with E-state index in [1.165, 1.54) is 4.90 Å². The van der Waals surface area contributed by atoms with Crippen LogP contribution in [-0.2, 0) is 30.3 Å². The van der Waals surface area contributed by atoms with E-state index in [0.29, 0.717) is 24.3 Å². The van der Waals surface area contributed by atoms with Crippen molar-refractivity contribution in [1.82, 2.24) is 4.90 Å². The number of esters is 1. The molecular formula is C35H40N2O7. The van der Waals surface area contributed by atoms with Gasteiger partial charge in [0.1, 0.15) is 28.9 Å². The number of hydrogen-bond acceptors (Lipinski definition) is 7. The molecule has 9 nitrogen and oxygen atoms in total. The maximum Gasteiger partial charge on any atom is 0.313 e. The largest absolute Gasteiger partial charge is 0.497 e. The highest BCUT2D eigenvalue weighted by molar-refractivity contribution is 6.05. The van der Waals surface area contributed by atoms with Crippen LogP contribution in [0.4, 0.5) is 5.69 Å². The van der Waals surface area contributed by atoms with E-state index >= 15 is 0 Å². The third kappa shape index (κ3) is 4.92. The number of nitrogens with zero attached hydrogens (tertiary/aromatic N) is 2. The van der Waals surface area contributed by atoms with Gasteiger partial charge in [0.15, 0.2) is 0 Å². The van der Waals surface area contributed by atoms with Crippen molar-refractivity contribution in [2.75, 3.05) is 31.8 Å². The summed E-state index contributed by atoms with van der Waals surface area (Å²) in [4.78, 5) is 46.7. The first-order valence-corrected chi connectivity index (χ1v) is 15.5. The predicted octanol–water partition coefficient (Wildman–Crippen LogP) is 3.85. The van der Waals surface area contributed by atoms with E-state index in [1.807, 2.05) is 61.6 Å². The molecule has 1 unspecified atom stereocenters. The molecule has 6 rings (SSSR count). The molecule has 0 aromatic heterocycles. The molecule has 44 heavy (non-hydrogen) atoms. The van der Waals surface area contributed by atoms with Crippen LogP contribution in [-0.4, -0.2) is 77.9 Å². The van der Waals surface area contributed by atoms with Gasteiger partial charge in [-0.3, -0.25) is 14.4 Å². The number of aliphatic hydroxyl groups is 1. The molecule has 6 atom stereocenters. The highest BCUT2D eigenvalue weighted by Crippen LogP contribution is 2.58. The van der Waals surface area contributed by atoms with Gasteiger partial charge < -0.3 is 29.1 Å². The van der Waals surface area contributed by atoms with Gasteiger partial charge >= 0.3 is 5.97 Å². The Hall–Kier alpha value is -3.95. The predicted molar refractivity (Wildman–Crippen MR) is 164 cm³/mol. The minimum absolute atomic E-state index is 0.244. The van der Waals surface area contributed by atoms with E-state index in [4.69, 9.17) is 14.2 Å². The molecule has 4 heterocycles. The highest BCUT2D eigenvalue weighted by atomic mass is 16.6. The summed E-state index contributed by atoms with van der Waals surface area (Å²) >= 11 is 0. The Balaban J connectivity index is 1.50. The lowest BCUT2D eigenvalue weighted by molar-refractivity contribution is -0.161. The zero-order chi connectivity index (χ0) is 30.9. The van der Waals surface area contributed by atoms with Gasteiger partial charge in [-0.05, 0) is 61.9 Å². The van der Waals surface area contributed by atoms with E-state index in [0.717, 1.165) is 24.8 Å². The maximum atomic E-state index is 14.8. The average molecular weight is 601 g/mol. The second-order valence-corrected chi connectivity index (χ2v) is 12.0. The number of ether oxygens (including phenoxy) is 3. The normalized spacial score (nSPS) is 31.4. The Morgan fingerprint density at radius 2 is 1.75 bits per heavy atom. The number of aliphatic hydroxyl groups excluding tert-OH is 1. The number of likely N-dealkylation sites (tertiary alicyclic amines) is 1. The highest BCUT2D eigenvalue weighted by Gasteiger charge is 2.75. The summed E-state index contributed by atoms with van der Waals surface area (Å²) < 4.78 is 18.2. The van der Waals surface area contributed by atoms with Gasteiger partial charge in [0.05, 0.1) is 32.3 Å². The van der Waals surface area contributed by atoms with Gasteiger partial charge in [-0.2, -0.15) is 0 Å². The Kier molecular flexibility index (Phi) is 8.35. The van der Waals surface area contributed by atoms with E-state index < -0.39 is 41.1 Å². The van der Waals surface area contributed by atoms with Crippen LogP contribution in [0.15, 0.2) is 78.9 Å². The van der Waals surface area contributed by atoms with Crippen LogP contribution in [0.3, 0.4) is 0 Å². The van der Waals surface area contributed by atoms with Gasteiger partial charge in [0.2, 0.25) is 5.91 Å². The number of methoxy groups -OCH3 is 1. The fourth-order valence-corrected chi connectivity index (χ4v) is 7.50. The summed E-state index contributed by atoms with van der Waals surface area (Å²) in [6.45, 7) is 2.07. The lowest BCUT2D eigenvalue weighted by Gasteiger charge is -2.41. The Bertz CT molecular complexity index is 1440. The number of amides is 2. The molecule has 1 spiro atoms. The Labute approximate surface area is 258 Å². The second-order valence-electron chi connectivity index (χ2n) is 12.0. The van der Waals surface area contributed by atoms with E-state index in [1.54, 1.807) is 36.3 Å². The molecule has 2 saturated heterocycles. The number of benzene rings is 2. The lowest BCUT2D eigenvalue weighted by Crippen LogP contribution is -2.59. The van der Waals surface area contributed by atoms with Gasteiger partial charge in [-0.15, -0.1) is 0 Å². The third-order valence-corrected chi connectivity index (χ3v) is 9.62. The molecular weight excluding hydrogens is 560 g/mol. The molecule has 2 aromatic carbocycles. The van der Waals surface area contributed by atoms with Crippen molar-refractivity contribution in [3.8, 4) is 5.75 Å². The van der Waals surface area contributed by atoms with Crippen molar-refractivity contribution in [3.05, 3.63) is 84.5 Å². The van der Waals surface area contributed by atoms with Crippen molar-refractivity contribution in [2.24, 2.45) is 11.8 Å². The number of hydrogen-bond donors (Lipinski definition) is 1. The third-order valence-electron chi connectivity index (χ3n) is 9.62. The van der Waals surface area contributed by atoms with Crippen LogP contribution < -0.4 is 9.64 Å². The number of rotatable bonds is 7. The monoisotopic (exact) mass is 600 g/mol. The van der Waals surface area contributed by atoms with Crippen LogP contribution in [0.2, 0.25) is 0 Å². The van der Waals surface area contributed by atoms with Gasteiger partial charge in [0, 0.05) is 12.2 Å². The van der Waals surface area contributed by atoms with Gasteiger partial charge in [-0.1, -0.05) is 61.6 Å². The molecule has 1 N–H and O–H groups in total. The first-order chi connectivity index (χ1) is 21.4. The summed E-state index contributed by atoms with van der Waals surface area (Å²) in [7, 11) is 1.58. The van der Waals surface area contributed by atoms with Crippen molar-refractivity contribution in [3.63, 3.8) is 0 Å². The van der Waals surface area contributed by atoms with E-state index in [-0.39, 0.29) is 31.6 Å². The molecule has 2 amide bonds. The topological polar surface area (TPSA) is 106 Å². The molecule has 4 aliphatic heterocycles. The van der Waals surface area contributed by atoms with Crippen molar-refractivity contribution >= 4 is 23.5 Å². The summed E-state index contributed by atoms with van der Waals surface area (Å²) in [5.41, 5.74) is -1.03.